The smallest absolute Gasteiger partial charge is 0.261 e. The lowest BCUT2D eigenvalue weighted by Crippen LogP contribution is -2.34. The maximum atomic E-state index is 12.7. The van der Waals surface area contributed by atoms with Crippen LogP contribution < -0.4 is 20.1 Å². The number of amides is 1. The molecule has 7 heteroatoms. The Morgan fingerprint density at radius 1 is 1.14 bits per heavy atom. The fourth-order valence-electron chi connectivity index (χ4n) is 2.36. The standard InChI is InChI=1S/C22H27BrN2O3S/c1-4-5-12-27-18-9-7-17(8-10-18)24-22(29)25-21(26)19-13-16(23)6-11-20(19)28-14-15(2)3/h6-11,13,15H,4-5,12,14H2,1-3H3,(H2,24,25,26,29). The number of carbonyl (C=O) groups is 1. The molecule has 2 rings (SSSR count). The number of thiocarbonyl (C=S) groups is 1. The van der Waals surface area contributed by atoms with E-state index in [-0.39, 0.29) is 11.0 Å². The summed E-state index contributed by atoms with van der Waals surface area (Å²) in [5.74, 6) is 1.35. The molecule has 0 unspecified atom stereocenters. The number of unbranched alkanes of at least 4 members (excludes halogenated alkanes) is 1. The zero-order valence-corrected chi connectivity index (χ0v) is 19.4. The number of ether oxygens (including phenoxy) is 2. The average Bonchev–Trinajstić information content (AvgIpc) is 2.68. The van der Waals surface area contributed by atoms with Crippen LogP contribution in [-0.4, -0.2) is 24.2 Å². The minimum Gasteiger partial charge on any atom is -0.494 e. The summed E-state index contributed by atoms with van der Waals surface area (Å²) in [6.07, 6.45) is 2.12. The predicted molar refractivity (Wildman–Crippen MR) is 125 cm³/mol. The van der Waals surface area contributed by atoms with Gasteiger partial charge in [-0.1, -0.05) is 43.1 Å². The minimum absolute atomic E-state index is 0.212. The Morgan fingerprint density at radius 3 is 2.52 bits per heavy atom. The van der Waals surface area contributed by atoms with E-state index in [9.17, 15) is 4.79 Å². The zero-order valence-electron chi connectivity index (χ0n) is 17.0. The Labute approximate surface area is 186 Å². The molecule has 0 aliphatic carbocycles. The van der Waals surface area contributed by atoms with Crippen LogP contribution in [0.3, 0.4) is 0 Å². The van der Waals surface area contributed by atoms with E-state index < -0.39 is 0 Å². The second-order valence-corrected chi connectivity index (χ2v) is 8.30. The van der Waals surface area contributed by atoms with E-state index in [2.05, 4.69) is 47.3 Å². The molecule has 0 fully saturated rings. The van der Waals surface area contributed by atoms with Crippen molar-refractivity contribution in [2.75, 3.05) is 18.5 Å². The van der Waals surface area contributed by atoms with Crippen molar-refractivity contribution in [2.45, 2.75) is 33.6 Å². The van der Waals surface area contributed by atoms with E-state index in [1.165, 1.54) is 0 Å². The quantitative estimate of drug-likeness (QED) is 0.352. The van der Waals surface area contributed by atoms with E-state index in [0.29, 0.717) is 30.4 Å². The van der Waals surface area contributed by atoms with Gasteiger partial charge in [0.1, 0.15) is 11.5 Å². The van der Waals surface area contributed by atoms with Crippen LogP contribution in [0.5, 0.6) is 11.5 Å². The first kappa shape index (κ1) is 23.2. The largest absolute Gasteiger partial charge is 0.494 e. The Bertz CT molecular complexity index is 825. The minimum atomic E-state index is -0.331. The summed E-state index contributed by atoms with van der Waals surface area (Å²) in [6.45, 7) is 7.46. The molecule has 0 saturated heterocycles. The van der Waals surface area contributed by atoms with Gasteiger partial charge in [-0.05, 0) is 67.0 Å². The molecular weight excluding hydrogens is 452 g/mol. The van der Waals surface area contributed by atoms with Crippen LogP contribution in [-0.2, 0) is 0 Å². The second-order valence-electron chi connectivity index (χ2n) is 6.98. The Hall–Kier alpha value is -2.12. The van der Waals surface area contributed by atoms with E-state index >= 15 is 0 Å². The van der Waals surface area contributed by atoms with Crippen molar-refractivity contribution in [2.24, 2.45) is 5.92 Å². The number of rotatable bonds is 9. The van der Waals surface area contributed by atoms with Crippen LogP contribution in [0.2, 0.25) is 0 Å². The van der Waals surface area contributed by atoms with E-state index in [1.54, 1.807) is 12.1 Å². The molecule has 2 aromatic rings. The van der Waals surface area contributed by atoms with Gasteiger partial charge in [-0.15, -0.1) is 0 Å². The van der Waals surface area contributed by atoms with Gasteiger partial charge in [-0.2, -0.15) is 0 Å². The lowest BCUT2D eigenvalue weighted by molar-refractivity contribution is 0.0973. The predicted octanol–water partition coefficient (Wildman–Crippen LogP) is 5.79. The molecule has 5 nitrogen and oxygen atoms in total. The van der Waals surface area contributed by atoms with Gasteiger partial charge in [0.25, 0.3) is 5.91 Å². The Kier molecular flexibility index (Phi) is 9.41. The first-order chi connectivity index (χ1) is 13.9. The van der Waals surface area contributed by atoms with Gasteiger partial charge in [0.15, 0.2) is 5.11 Å². The Balaban J connectivity index is 1.96. The number of hydrogen-bond acceptors (Lipinski definition) is 4. The summed E-state index contributed by atoms with van der Waals surface area (Å²) < 4.78 is 12.2. The zero-order chi connectivity index (χ0) is 21.2. The highest BCUT2D eigenvalue weighted by molar-refractivity contribution is 9.10. The van der Waals surface area contributed by atoms with E-state index in [0.717, 1.165) is 28.8 Å². The molecule has 0 atom stereocenters. The summed E-state index contributed by atoms with van der Waals surface area (Å²) in [5.41, 5.74) is 1.19. The highest BCUT2D eigenvalue weighted by Crippen LogP contribution is 2.24. The van der Waals surface area contributed by atoms with E-state index in [4.69, 9.17) is 21.7 Å². The van der Waals surface area contributed by atoms with Crippen molar-refractivity contribution in [3.8, 4) is 11.5 Å². The Morgan fingerprint density at radius 2 is 1.86 bits per heavy atom. The molecule has 29 heavy (non-hydrogen) atoms. The van der Waals surface area contributed by atoms with Gasteiger partial charge in [0, 0.05) is 10.2 Å². The monoisotopic (exact) mass is 478 g/mol. The SMILES string of the molecule is CCCCOc1ccc(NC(=S)NC(=O)c2cc(Br)ccc2OCC(C)C)cc1. The van der Waals surface area contributed by atoms with Crippen molar-refractivity contribution >= 4 is 44.9 Å². The molecule has 0 aliphatic rings. The van der Waals surface area contributed by atoms with Gasteiger partial charge in [-0.25, -0.2) is 0 Å². The third-order valence-electron chi connectivity index (χ3n) is 3.86. The summed E-state index contributed by atoms with van der Waals surface area (Å²) in [7, 11) is 0. The molecular formula is C22H27BrN2O3S. The van der Waals surface area contributed by atoms with Crippen molar-refractivity contribution < 1.29 is 14.3 Å². The van der Waals surface area contributed by atoms with Crippen LogP contribution >= 0.6 is 28.1 Å². The molecule has 1 amide bonds. The first-order valence-corrected chi connectivity index (χ1v) is 10.9. The molecule has 0 radical (unpaired) electrons. The number of carbonyl (C=O) groups excluding carboxylic acids is 1. The lowest BCUT2D eigenvalue weighted by Gasteiger charge is -2.15. The molecule has 0 aliphatic heterocycles. The van der Waals surface area contributed by atoms with Crippen LogP contribution in [0.4, 0.5) is 5.69 Å². The van der Waals surface area contributed by atoms with Crippen molar-refractivity contribution in [3.05, 3.63) is 52.5 Å². The van der Waals surface area contributed by atoms with Gasteiger partial charge in [0.2, 0.25) is 0 Å². The maximum Gasteiger partial charge on any atom is 0.261 e. The summed E-state index contributed by atoms with van der Waals surface area (Å²) in [6, 6.07) is 12.8. The molecule has 0 spiro atoms. The van der Waals surface area contributed by atoms with Crippen molar-refractivity contribution in [1.29, 1.82) is 0 Å². The summed E-state index contributed by atoms with van der Waals surface area (Å²) in [5, 5.41) is 5.93. The number of benzene rings is 2. The third kappa shape index (κ3) is 8.03. The molecule has 2 N–H and O–H groups in total. The molecule has 156 valence electrons. The highest BCUT2D eigenvalue weighted by Gasteiger charge is 2.15. The lowest BCUT2D eigenvalue weighted by atomic mass is 10.2. The average molecular weight is 479 g/mol. The molecule has 0 aromatic heterocycles. The van der Waals surface area contributed by atoms with Crippen LogP contribution in [0.15, 0.2) is 46.9 Å². The van der Waals surface area contributed by atoms with Crippen molar-refractivity contribution in [1.82, 2.24) is 5.32 Å². The summed E-state index contributed by atoms with van der Waals surface area (Å²) >= 11 is 8.68. The molecule has 0 saturated carbocycles. The molecule has 0 bridgehead atoms. The fraction of sp³-hybridized carbons (Fsp3) is 0.364. The number of anilines is 1. The normalized spacial score (nSPS) is 10.5. The number of halogens is 1. The van der Waals surface area contributed by atoms with Crippen molar-refractivity contribution in [3.63, 3.8) is 0 Å². The van der Waals surface area contributed by atoms with Crippen LogP contribution in [0.25, 0.3) is 0 Å². The molecule has 2 aromatic carbocycles. The third-order valence-corrected chi connectivity index (χ3v) is 4.56. The first-order valence-electron chi connectivity index (χ1n) is 9.66. The maximum absolute atomic E-state index is 12.7. The van der Waals surface area contributed by atoms with Gasteiger partial charge >= 0.3 is 0 Å². The van der Waals surface area contributed by atoms with E-state index in [1.807, 2.05) is 30.3 Å². The molecule has 0 heterocycles. The van der Waals surface area contributed by atoms with Gasteiger partial charge in [-0.3, -0.25) is 10.1 Å². The number of nitrogens with one attached hydrogen (secondary N) is 2. The highest BCUT2D eigenvalue weighted by atomic mass is 79.9. The summed E-state index contributed by atoms with van der Waals surface area (Å²) in [4.78, 5) is 12.7. The van der Waals surface area contributed by atoms with Gasteiger partial charge < -0.3 is 14.8 Å². The van der Waals surface area contributed by atoms with Crippen LogP contribution in [0.1, 0.15) is 44.0 Å². The topological polar surface area (TPSA) is 59.6 Å². The van der Waals surface area contributed by atoms with Crippen LogP contribution in [0, 0.1) is 5.92 Å². The second kappa shape index (κ2) is 11.8. The fourth-order valence-corrected chi connectivity index (χ4v) is 2.94. The number of hydrogen-bond donors (Lipinski definition) is 2. The van der Waals surface area contributed by atoms with Gasteiger partial charge in [0.05, 0.1) is 18.8 Å².